The van der Waals surface area contributed by atoms with E-state index >= 15 is 0 Å². The molecule has 3 fully saturated rings. The van der Waals surface area contributed by atoms with Crippen LogP contribution in [0, 0.1) is 11.3 Å². The van der Waals surface area contributed by atoms with E-state index in [0.29, 0.717) is 53.3 Å². The quantitative estimate of drug-likeness (QED) is 0.423. The number of carbonyl (C=O) groups is 4. The van der Waals surface area contributed by atoms with Crippen molar-refractivity contribution >= 4 is 46.1 Å². The summed E-state index contributed by atoms with van der Waals surface area (Å²) in [5.74, 6) is -1.37. The fourth-order valence-electron chi connectivity index (χ4n) is 6.44. The van der Waals surface area contributed by atoms with Crippen molar-refractivity contribution in [2.75, 3.05) is 20.2 Å². The molecule has 0 bridgehead atoms. The van der Waals surface area contributed by atoms with Crippen LogP contribution in [0.2, 0.25) is 5.02 Å². The first-order chi connectivity index (χ1) is 18.2. The summed E-state index contributed by atoms with van der Waals surface area (Å²) in [6, 6.07) is 3.39. The Hall–Kier alpha value is -3.27. The van der Waals surface area contributed by atoms with Crippen LogP contribution in [0.5, 0.6) is 5.75 Å². The van der Waals surface area contributed by atoms with Gasteiger partial charge in [0.05, 0.1) is 17.6 Å². The van der Waals surface area contributed by atoms with Crippen molar-refractivity contribution < 1.29 is 23.9 Å². The molecule has 1 aromatic carbocycles. The van der Waals surface area contributed by atoms with Gasteiger partial charge in [-0.2, -0.15) is 0 Å². The van der Waals surface area contributed by atoms with E-state index in [-0.39, 0.29) is 29.6 Å². The second kappa shape index (κ2) is 10.5. The predicted molar refractivity (Wildman–Crippen MR) is 142 cm³/mol. The number of methoxy groups -OCH3 is 1. The molecule has 204 valence electrons. The molecule has 5 N–H and O–H groups in total. The first kappa shape index (κ1) is 26.3. The molecule has 1 spiro atoms. The lowest BCUT2D eigenvalue weighted by Crippen LogP contribution is -2.53. The Bertz CT molecular complexity index is 1270. The van der Waals surface area contributed by atoms with E-state index in [1.807, 2.05) is 0 Å². The molecule has 0 radical (unpaired) electrons. The van der Waals surface area contributed by atoms with Gasteiger partial charge in [0.15, 0.2) is 0 Å². The maximum absolute atomic E-state index is 13.9. The Labute approximate surface area is 226 Å². The summed E-state index contributed by atoms with van der Waals surface area (Å²) < 4.78 is 5.44. The molecule has 4 amide bonds. The number of ether oxygens (including phenoxy) is 1. The zero-order valence-electron chi connectivity index (χ0n) is 21.5. The number of primary amides is 1. The summed E-state index contributed by atoms with van der Waals surface area (Å²) in [6.07, 6.45) is 6.36. The molecule has 1 unspecified atom stereocenters. The number of nitrogens with two attached hydrogens (primary N) is 1. The van der Waals surface area contributed by atoms with E-state index < -0.39 is 23.9 Å². The zero-order valence-corrected chi connectivity index (χ0v) is 22.2. The molecule has 1 aliphatic carbocycles. The number of fused-ring (bicyclic) bond motifs is 1. The van der Waals surface area contributed by atoms with Gasteiger partial charge in [-0.3, -0.25) is 19.2 Å². The number of aromatic nitrogens is 1. The Kier molecular flexibility index (Phi) is 7.26. The normalized spacial score (nSPS) is 23.4. The number of H-pyrrole nitrogens is 1. The highest BCUT2D eigenvalue weighted by Gasteiger charge is 2.49. The van der Waals surface area contributed by atoms with Crippen molar-refractivity contribution in [3.05, 3.63) is 28.9 Å². The summed E-state index contributed by atoms with van der Waals surface area (Å²) in [4.78, 5) is 56.6. The Balaban J connectivity index is 1.42. The van der Waals surface area contributed by atoms with E-state index in [4.69, 9.17) is 22.1 Å². The van der Waals surface area contributed by atoms with E-state index in [1.165, 1.54) is 0 Å². The van der Waals surface area contributed by atoms with Crippen LogP contribution in [0.25, 0.3) is 10.9 Å². The summed E-state index contributed by atoms with van der Waals surface area (Å²) in [5, 5.41) is 6.66. The molecular weight excluding hydrogens is 510 g/mol. The highest BCUT2D eigenvalue weighted by atomic mass is 35.5. The van der Waals surface area contributed by atoms with Gasteiger partial charge in [-0.25, -0.2) is 0 Å². The van der Waals surface area contributed by atoms with Crippen LogP contribution >= 0.6 is 11.6 Å². The van der Waals surface area contributed by atoms with Crippen LogP contribution < -0.4 is 21.1 Å². The molecule has 11 heteroatoms. The molecular formula is C27H34ClN5O5. The monoisotopic (exact) mass is 543 g/mol. The molecule has 1 aromatic heterocycles. The second-order valence-corrected chi connectivity index (χ2v) is 11.3. The average molecular weight is 544 g/mol. The van der Waals surface area contributed by atoms with Crippen molar-refractivity contribution in [1.82, 2.24) is 20.5 Å². The van der Waals surface area contributed by atoms with Crippen molar-refractivity contribution in [2.45, 2.75) is 63.5 Å². The molecule has 10 nitrogen and oxygen atoms in total. The minimum absolute atomic E-state index is 0.138. The topological polar surface area (TPSA) is 147 Å². The Morgan fingerprint density at radius 1 is 1.26 bits per heavy atom. The van der Waals surface area contributed by atoms with Crippen molar-refractivity contribution in [3.63, 3.8) is 0 Å². The van der Waals surface area contributed by atoms with Gasteiger partial charge in [-0.05, 0) is 55.7 Å². The lowest BCUT2D eigenvalue weighted by atomic mass is 9.72. The molecule has 2 aromatic rings. The smallest absolute Gasteiger partial charge is 0.271 e. The third-order valence-corrected chi connectivity index (χ3v) is 8.80. The number of benzene rings is 1. The number of amides is 4. The number of hydrogen-bond donors (Lipinski definition) is 4. The molecule has 3 aliphatic rings. The summed E-state index contributed by atoms with van der Waals surface area (Å²) in [6.45, 7) is 0.992. The van der Waals surface area contributed by atoms with E-state index in [0.717, 1.165) is 32.1 Å². The van der Waals surface area contributed by atoms with Gasteiger partial charge in [0.25, 0.3) is 5.91 Å². The van der Waals surface area contributed by atoms with Gasteiger partial charge in [0.1, 0.15) is 23.5 Å². The van der Waals surface area contributed by atoms with Crippen LogP contribution in [0.1, 0.15) is 61.9 Å². The largest absolute Gasteiger partial charge is 0.496 e. The van der Waals surface area contributed by atoms with Gasteiger partial charge < -0.3 is 31.0 Å². The summed E-state index contributed by atoms with van der Waals surface area (Å²) in [7, 11) is 1.55. The maximum atomic E-state index is 13.9. The average Bonchev–Trinajstić information content (AvgIpc) is 3.62. The number of hydrogen-bond acceptors (Lipinski definition) is 5. The molecule has 38 heavy (non-hydrogen) atoms. The van der Waals surface area contributed by atoms with Gasteiger partial charge in [-0.15, -0.1) is 0 Å². The van der Waals surface area contributed by atoms with Crippen LogP contribution in [-0.4, -0.2) is 65.8 Å². The van der Waals surface area contributed by atoms with E-state index in [1.54, 1.807) is 30.2 Å². The van der Waals surface area contributed by atoms with E-state index in [9.17, 15) is 19.2 Å². The fraction of sp³-hybridized carbons (Fsp3) is 0.556. The van der Waals surface area contributed by atoms with Gasteiger partial charge >= 0.3 is 0 Å². The molecule has 2 saturated heterocycles. The predicted octanol–water partition coefficient (Wildman–Crippen LogP) is 2.49. The third-order valence-electron chi connectivity index (χ3n) is 8.48. The minimum Gasteiger partial charge on any atom is -0.496 e. The Morgan fingerprint density at radius 3 is 2.68 bits per heavy atom. The van der Waals surface area contributed by atoms with Crippen molar-refractivity contribution in [1.29, 1.82) is 0 Å². The first-order valence-electron chi connectivity index (χ1n) is 13.2. The molecule has 3 atom stereocenters. The van der Waals surface area contributed by atoms with Crippen LogP contribution in [-0.2, 0) is 14.4 Å². The zero-order chi connectivity index (χ0) is 27.0. The number of likely N-dealkylation sites (tertiary alicyclic amines) is 1. The summed E-state index contributed by atoms with van der Waals surface area (Å²) >= 11 is 6.38. The van der Waals surface area contributed by atoms with Gasteiger partial charge in [0.2, 0.25) is 17.7 Å². The second-order valence-electron chi connectivity index (χ2n) is 10.9. The van der Waals surface area contributed by atoms with Crippen LogP contribution in [0.3, 0.4) is 0 Å². The minimum atomic E-state index is -0.993. The van der Waals surface area contributed by atoms with Crippen molar-refractivity contribution in [3.8, 4) is 5.75 Å². The van der Waals surface area contributed by atoms with Gasteiger partial charge in [-0.1, -0.05) is 30.9 Å². The fourth-order valence-corrected chi connectivity index (χ4v) is 6.66. The number of rotatable bonds is 7. The molecule has 3 heterocycles. The third kappa shape index (κ3) is 4.93. The number of nitrogens with one attached hydrogen (secondary N) is 3. The number of carbonyl (C=O) groups excluding carboxylic acids is 4. The molecule has 2 aliphatic heterocycles. The standard InChI is InChI=1S/C27H34ClN5O5/c1-38-21-6-5-17(28)22-16(21)12-19(31-22)26(37)33-14-27(8-3-2-4-9-27)13-20(33)25(36)32-18(23(29)34)11-15-7-10-30-24(15)35/h5-6,12,15,18,20,31H,2-4,7-11,13-14H2,1H3,(H2,29,34)(H,30,35)(H,32,36)/t15-,18-,20?/m0/s1. The lowest BCUT2D eigenvalue weighted by molar-refractivity contribution is -0.131. The molecule has 1 saturated carbocycles. The van der Waals surface area contributed by atoms with E-state index in [2.05, 4.69) is 15.6 Å². The molecule has 5 rings (SSSR count). The Morgan fingerprint density at radius 2 is 2.03 bits per heavy atom. The highest BCUT2D eigenvalue weighted by molar-refractivity contribution is 6.35. The van der Waals surface area contributed by atoms with Crippen LogP contribution in [0.4, 0.5) is 0 Å². The SMILES string of the molecule is COc1ccc(Cl)c2[nH]c(C(=O)N3CC4(CCCCC4)CC3C(=O)N[C@@H](C[C@@H]3CCNC3=O)C(N)=O)cc12. The van der Waals surface area contributed by atoms with Crippen LogP contribution in [0.15, 0.2) is 18.2 Å². The van der Waals surface area contributed by atoms with Gasteiger partial charge in [0, 0.05) is 24.4 Å². The highest BCUT2D eigenvalue weighted by Crippen LogP contribution is 2.47. The number of nitrogens with zero attached hydrogens (tertiary/aromatic N) is 1. The van der Waals surface area contributed by atoms with Crippen molar-refractivity contribution in [2.24, 2.45) is 17.1 Å². The summed E-state index contributed by atoms with van der Waals surface area (Å²) in [5.41, 5.74) is 6.37. The lowest BCUT2D eigenvalue weighted by Gasteiger charge is -2.32. The number of halogens is 1. The maximum Gasteiger partial charge on any atom is 0.271 e. The number of aromatic amines is 1. The first-order valence-corrected chi connectivity index (χ1v) is 13.6.